The highest BCUT2D eigenvalue weighted by atomic mass is 19.1. The van der Waals surface area contributed by atoms with Crippen LogP contribution in [0.5, 0.6) is 0 Å². The molecular weight excluding hydrogens is 628 g/mol. The molecule has 16 heteroatoms. The van der Waals surface area contributed by atoms with Crippen LogP contribution in [0.2, 0.25) is 0 Å². The predicted molar refractivity (Wildman–Crippen MR) is 157 cm³/mol. The molecule has 2 aromatic carbocycles. The molecule has 0 spiro atoms. The lowest BCUT2D eigenvalue weighted by Gasteiger charge is -2.32. The number of piperidine rings is 1. The first-order chi connectivity index (χ1) is 22.2. The average molecular weight is 663 g/mol. The lowest BCUT2D eigenvalue weighted by molar-refractivity contribution is -0.130. The molecule has 47 heavy (non-hydrogen) atoms. The molecule has 12 nitrogen and oxygen atoms in total. The van der Waals surface area contributed by atoms with Gasteiger partial charge in [-0.25, -0.2) is 17.6 Å². The summed E-state index contributed by atoms with van der Waals surface area (Å²) in [6.45, 7) is 3.02. The fraction of sp³-hybridized carbons (Fsp3) is 0.419. The van der Waals surface area contributed by atoms with E-state index in [-0.39, 0.29) is 48.4 Å². The normalized spacial score (nSPS) is 20.3. The smallest absolute Gasteiger partial charge is 0.242 e. The number of halogens is 4. The van der Waals surface area contributed by atoms with Crippen molar-refractivity contribution in [3.05, 3.63) is 70.3 Å². The van der Waals surface area contributed by atoms with E-state index in [1.165, 1.54) is 13.8 Å². The minimum atomic E-state index is -1.12. The average Bonchev–Trinajstić information content (AvgIpc) is 3.35. The zero-order valence-corrected chi connectivity index (χ0v) is 25.5. The van der Waals surface area contributed by atoms with E-state index in [0.717, 1.165) is 18.2 Å². The third-order valence-corrected chi connectivity index (χ3v) is 7.67. The number of hydrogen-bond donors (Lipinski definition) is 6. The van der Waals surface area contributed by atoms with Crippen LogP contribution < -0.4 is 31.9 Å². The Hall–Kier alpha value is -5.02. The van der Waals surface area contributed by atoms with Crippen molar-refractivity contribution in [3.63, 3.8) is 0 Å². The van der Waals surface area contributed by atoms with Gasteiger partial charge in [0.2, 0.25) is 35.4 Å². The Morgan fingerprint density at radius 3 is 1.91 bits per heavy atom. The van der Waals surface area contributed by atoms with Gasteiger partial charge in [-0.15, -0.1) is 0 Å². The number of nitrogens with one attached hydrogen (secondary N) is 6. The van der Waals surface area contributed by atoms with E-state index in [1.54, 1.807) is 0 Å². The Labute approximate surface area is 266 Å². The molecule has 0 aromatic heterocycles. The number of carbonyl (C=O) groups is 6. The van der Waals surface area contributed by atoms with Crippen LogP contribution in [-0.2, 0) is 41.6 Å². The summed E-state index contributed by atoms with van der Waals surface area (Å²) in [5.74, 6) is -7.20. The van der Waals surface area contributed by atoms with Crippen LogP contribution in [-0.4, -0.2) is 66.2 Å². The van der Waals surface area contributed by atoms with Gasteiger partial charge < -0.3 is 31.9 Å². The summed E-state index contributed by atoms with van der Waals surface area (Å²) in [6, 6.07) is -0.350. The molecule has 0 bridgehead atoms. The van der Waals surface area contributed by atoms with Crippen LogP contribution in [0.15, 0.2) is 30.3 Å². The maximum Gasteiger partial charge on any atom is 0.242 e. The maximum atomic E-state index is 15.2. The Balaban J connectivity index is 1.38. The first-order valence-electron chi connectivity index (χ1n) is 14.8. The summed E-state index contributed by atoms with van der Waals surface area (Å²) in [4.78, 5) is 74.5. The quantitative estimate of drug-likeness (QED) is 0.191. The highest BCUT2D eigenvalue weighted by Gasteiger charge is 2.33. The second kappa shape index (κ2) is 15.0. The highest BCUT2D eigenvalue weighted by Crippen LogP contribution is 2.30. The van der Waals surface area contributed by atoms with E-state index in [2.05, 4.69) is 31.9 Å². The summed E-state index contributed by atoms with van der Waals surface area (Å²) in [5, 5.41) is 15.3. The van der Waals surface area contributed by atoms with E-state index >= 15 is 4.39 Å². The number of amides is 6. The van der Waals surface area contributed by atoms with Crippen molar-refractivity contribution in [2.75, 3.05) is 6.54 Å². The van der Waals surface area contributed by atoms with Gasteiger partial charge in [0.25, 0.3) is 0 Å². The molecule has 6 N–H and O–H groups in total. The van der Waals surface area contributed by atoms with Crippen molar-refractivity contribution in [2.45, 2.75) is 76.2 Å². The lowest BCUT2D eigenvalue weighted by atomic mass is 9.88. The first-order valence-corrected chi connectivity index (χ1v) is 14.8. The highest BCUT2D eigenvalue weighted by molar-refractivity contribution is 5.90. The molecule has 0 radical (unpaired) electrons. The Bertz CT molecular complexity index is 1570. The van der Waals surface area contributed by atoms with Crippen molar-refractivity contribution < 1.29 is 46.3 Å². The molecule has 2 aliphatic heterocycles. The van der Waals surface area contributed by atoms with Gasteiger partial charge in [0.1, 0.15) is 35.4 Å². The molecule has 2 saturated heterocycles. The van der Waals surface area contributed by atoms with Gasteiger partial charge in [0.15, 0.2) is 0 Å². The zero-order chi connectivity index (χ0) is 34.4. The molecule has 252 valence electrons. The van der Waals surface area contributed by atoms with E-state index in [4.69, 9.17) is 0 Å². The van der Waals surface area contributed by atoms with E-state index < -0.39 is 95.9 Å². The second-order valence-corrected chi connectivity index (χ2v) is 11.6. The third-order valence-electron chi connectivity index (χ3n) is 7.67. The van der Waals surface area contributed by atoms with E-state index in [1.807, 2.05) is 0 Å². The van der Waals surface area contributed by atoms with Crippen molar-refractivity contribution in [3.8, 4) is 0 Å². The van der Waals surface area contributed by atoms with Crippen molar-refractivity contribution in [2.24, 2.45) is 0 Å². The standard InChI is InChI=1S/C31H34F4N6O6/c1-14(37-26(43)5-16-3-18(32)8-19(33)4-16)30(46)39-21-10-24(41-28(45)11-21)29-17(6-20(34)9-23(29)35)7-27(44)38-15(2)31(47)40-22-12-25(42)36-13-22/h3-4,6,8-9,14-15,21-22,24H,5,7,10-13H2,1-2H3,(H,36,42)(H,37,43)(H,38,44)(H,39,46)(H,40,47)(H,41,45)/t14-,15-,21?,22?,24?/m0/s1. The number of hydrogen-bond acceptors (Lipinski definition) is 6. The van der Waals surface area contributed by atoms with E-state index in [0.29, 0.717) is 12.1 Å². The maximum absolute atomic E-state index is 15.2. The Morgan fingerprint density at radius 1 is 0.766 bits per heavy atom. The molecule has 5 atom stereocenters. The zero-order valence-electron chi connectivity index (χ0n) is 25.5. The Kier molecular flexibility index (Phi) is 11.2. The second-order valence-electron chi connectivity index (χ2n) is 11.6. The van der Waals surface area contributed by atoms with Crippen LogP contribution in [0.1, 0.15) is 55.8 Å². The summed E-state index contributed by atoms with van der Waals surface area (Å²) in [6.07, 6.45) is -1.10. The molecule has 4 rings (SSSR count). The monoisotopic (exact) mass is 662 g/mol. The summed E-state index contributed by atoms with van der Waals surface area (Å²) in [5.41, 5.74) is -0.211. The molecule has 2 aliphatic rings. The number of benzene rings is 2. The molecule has 2 heterocycles. The van der Waals surface area contributed by atoms with Gasteiger partial charge in [0, 0.05) is 43.1 Å². The number of carbonyl (C=O) groups excluding carboxylic acids is 6. The SMILES string of the molecule is C[C@H](NC(=O)Cc1cc(F)cc(F)c1C1CC(NC(=O)[C@H](C)NC(=O)Cc2cc(F)cc(F)c2)CC(=O)N1)C(=O)NC1CNC(=O)C1. The summed E-state index contributed by atoms with van der Waals surface area (Å²) < 4.78 is 56.4. The van der Waals surface area contributed by atoms with Gasteiger partial charge in [-0.05, 0) is 49.6 Å². The topological polar surface area (TPSA) is 175 Å². The summed E-state index contributed by atoms with van der Waals surface area (Å²) in [7, 11) is 0. The fourth-order valence-electron chi connectivity index (χ4n) is 5.53. The third kappa shape index (κ3) is 9.73. The molecule has 6 amide bonds. The largest absolute Gasteiger partial charge is 0.354 e. The van der Waals surface area contributed by atoms with Crippen LogP contribution >= 0.6 is 0 Å². The molecule has 2 fully saturated rings. The van der Waals surface area contributed by atoms with Crippen LogP contribution in [0.3, 0.4) is 0 Å². The molecule has 3 unspecified atom stereocenters. The minimum absolute atomic E-state index is 0.0508. The van der Waals surface area contributed by atoms with Gasteiger partial charge in [-0.2, -0.15) is 0 Å². The van der Waals surface area contributed by atoms with Gasteiger partial charge >= 0.3 is 0 Å². The summed E-state index contributed by atoms with van der Waals surface area (Å²) >= 11 is 0. The molecule has 0 aliphatic carbocycles. The van der Waals surface area contributed by atoms with Gasteiger partial charge in [-0.3, -0.25) is 28.8 Å². The lowest BCUT2D eigenvalue weighted by Crippen LogP contribution is -2.52. The van der Waals surface area contributed by atoms with Crippen molar-refractivity contribution in [1.82, 2.24) is 31.9 Å². The molecule has 2 aromatic rings. The number of rotatable bonds is 11. The predicted octanol–water partition coefficient (Wildman–Crippen LogP) is 0.478. The minimum Gasteiger partial charge on any atom is -0.354 e. The molecule has 0 saturated carbocycles. The van der Waals surface area contributed by atoms with E-state index in [9.17, 15) is 41.9 Å². The molecular formula is C31H34F4N6O6. The van der Waals surface area contributed by atoms with Crippen LogP contribution in [0, 0.1) is 23.3 Å². The van der Waals surface area contributed by atoms with Crippen LogP contribution in [0.4, 0.5) is 17.6 Å². The fourth-order valence-corrected chi connectivity index (χ4v) is 5.53. The van der Waals surface area contributed by atoms with Crippen molar-refractivity contribution >= 4 is 35.4 Å². The first kappa shape index (κ1) is 34.8. The van der Waals surface area contributed by atoms with Crippen molar-refractivity contribution in [1.29, 1.82) is 0 Å². The van der Waals surface area contributed by atoms with Crippen LogP contribution in [0.25, 0.3) is 0 Å². The van der Waals surface area contributed by atoms with Gasteiger partial charge in [0.05, 0.1) is 24.9 Å². The Morgan fingerprint density at radius 2 is 1.32 bits per heavy atom. The van der Waals surface area contributed by atoms with Gasteiger partial charge in [-0.1, -0.05) is 0 Å².